The minimum Gasteiger partial charge on any atom is -0.384 e. The number of rotatable bonds is 7. The monoisotopic (exact) mass is 465 g/mol. The summed E-state index contributed by atoms with van der Waals surface area (Å²) < 4.78 is 2.51. The average Bonchev–Trinajstić information content (AvgIpc) is 3.38. The average molecular weight is 466 g/mol. The van der Waals surface area contributed by atoms with Gasteiger partial charge in [0, 0.05) is 33.3 Å². The highest BCUT2D eigenvalue weighted by Gasteiger charge is 2.31. The van der Waals surface area contributed by atoms with Crippen LogP contribution in [0.4, 0.5) is 11.5 Å². The zero-order valence-corrected chi connectivity index (χ0v) is 19.6. The number of pyridine rings is 1. The van der Waals surface area contributed by atoms with Gasteiger partial charge in [-0.05, 0) is 44.9 Å². The Balaban J connectivity index is 1.50. The van der Waals surface area contributed by atoms with Crippen LogP contribution in [-0.4, -0.2) is 32.2 Å². The third-order valence-corrected chi connectivity index (χ3v) is 6.92. The lowest BCUT2D eigenvalue weighted by Gasteiger charge is -2.19. The zero-order chi connectivity index (χ0) is 23.7. The highest BCUT2D eigenvalue weighted by molar-refractivity contribution is 7.19. The fraction of sp³-hybridized carbons (Fsp3) is 0.348. The summed E-state index contributed by atoms with van der Waals surface area (Å²) in [5, 5.41) is 15.0. The van der Waals surface area contributed by atoms with Crippen molar-refractivity contribution in [2.75, 3.05) is 11.1 Å². The molecule has 4 rings (SSSR count). The summed E-state index contributed by atoms with van der Waals surface area (Å²) in [5.41, 5.74) is 7.03. The van der Waals surface area contributed by atoms with Gasteiger partial charge in [-0.15, -0.1) is 11.3 Å². The second-order valence-corrected chi connectivity index (χ2v) is 9.30. The minimum atomic E-state index is -0.602. The molecule has 33 heavy (non-hydrogen) atoms. The van der Waals surface area contributed by atoms with Crippen molar-refractivity contribution < 1.29 is 4.79 Å². The van der Waals surface area contributed by atoms with Crippen LogP contribution in [0.25, 0.3) is 10.1 Å². The van der Waals surface area contributed by atoms with Crippen molar-refractivity contribution in [1.29, 1.82) is 5.41 Å². The molecule has 0 saturated heterocycles. The Hall–Kier alpha value is -3.53. The Morgan fingerprint density at radius 3 is 2.91 bits per heavy atom. The molecule has 1 aliphatic heterocycles. The predicted molar refractivity (Wildman–Crippen MR) is 132 cm³/mol. The van der Waals surface area contributed by atoms with Gasteiger partial charge in [0.25, 0.3) is 5.56 Å². The highest BCUT2D eigenvalue weighted by atomic mass is 32.1. The molecular weight excluding hydrogens is 438 g/mol. The molecule has 1 amide bonds. The van der Waals surface area contributed by atoms with Crippen molar-refractivity contribution in [2.45, 2.75) is 52.2 Å². The van der Waals surface area contributed by atoms with Gasteiger partial charge in [-0.25, -0.2) is 9.97 Å². The third kappa shape index (κ3) is 4.51. The first-order chi connectivity index (χ1) is 15.8. The van der Waals surface area contributed by atoms with E-state index < -0.39 is 6.04 Å². The molecule has 1 aliphatic rings. The number of nitrogens with zero attached hydrogens (tertiary/aromatic N) is 3. The molecule has 0 spiro atoms. The number of fused-ring (bicyclic) bond motifs is 2. The summed E-state index contributed by atoms with van der Waals surface area (Å²) in [5.74, 6) is 0.865. The number of aromatic nitrogens is 3. The van der Waals surface area contributed by atoms with E-state index in [1.165, 1.54) is 10.8 Å². The molecule has 0 saturated carbocycles. The smallest absolute Gasteiger partial charge is 0.277 e. The molecule has 0 aromatic carbocycles. The van der Waals surface area contributed by atoms with Gasteiger partial charge in [0.2, 0.25) is 5.91 Å². The van der Waals surface area contributed by atoms with E-state index in [-0.39, 0.29) is 17.5 Å². The molecule has 172 valence electrons. The molecule has 0 radical (unpaired) electrons. The van der Waals surface area contributed by atoms with Gasteiger partial charge in [-0.3, -0.25) is 14.2 Å². The lowest BCUT2D eigenvalue weighted by atomic mass is 10.0. The number of hydrogen-bond acceptors (Lipinski definition) is 8. The number of carbonyl (C=O) groups is 1. The topological polar surface area (TPSA) is 139 Å². The fourth-order valence-corrected chi connectivity index (χ4v) is 5.26. The van der Waals surface area contributed by atoms with Crippen LogP contribution in [0.1, 0.15) is 43.9 Å². The second kappa shape index (κ2) is 9.14. The van der Waals surface area contributed by atoms with E-state index in [1.807, 2.05) is 32.1 Å². The van der Waals surface area contributed by atoms with Gasteiger partial charge in [0.05, 0.1) is 18.8 Å². The number of hydrogen-bond donors (Lipinski definition) is 4. The van der Waals surface area contributed by atoms with E-state index in [1.54, 1.807) is 24.5 Å². The van der Waals surface area contributed by atoms with Crippen LogP contribution in [0.2, 0.25) is 0 Å². The van der Waals surface area contributed by atoms with Gasteiger partial charge < -0.3 is 21.8 Å². The number of allylic oxidation sites excluding steroid dienone is 1. The molecule has 0 fully saturated rings. The summed E-state index contributed by atoms with van der Waals surface area (Å²) in [6.07, 6.45) is 6.19. The molecule has 2 atom stereocenters. The van der Waals surface area contributed by atoms with Crippen molar-refractivity contribution >= 4 is 44.5 Å². The van der Waals surface area contributed by atoms with Crippen molar-refractivity contribution in [2.24, 2.45) is 0 Å². The molecule has 0 aliphatic carbocycles. The molecule has 9 nitrogen and oxygen atoms in total. The SMILES string of the molecule is C/C=C(\C(C)=N)C(C)Nc1cnc2n(c1=O)C(C(=O)NCc1cc3cnc(N)cc3s1)CC2. The summed E-state index contributed by atoms with van der Waals surface area (Å²) in [6.45, 7) is 5.83. The van der Waals surface area contributed by atoms with E-state index in [2.05, 4.69) is 20.6 Å². The lowest BCUT2D eigenvalue weighted by molar-refractivity contribution is -0.124. The lowest BCUT2D eigenvalue weighted by Crippen LogP contribution is -2.37. The number of thiophene rings is 1. The molecule has 5 N–H and O–H groups in total. The number of aryl methyl sites for hydroxylation is 1. The van der Waals surface area contributed by atoms with Crippen molar-refractivity contribution in [3.63, 3.8) is 0 Å². The Labute approximate surface area is 195 Å². The van der Waals surface area contributed by atoms with E-state index in [9.17, 15) is 9.59 Å². The third-order valence-electron chi connectivity index (χ3n) is 5.82. The van der Waals surface area contributed by atoms with E-state index in [0.717, 1.165) is 20.5 Å². The van der Waals surface area contributed by atoms with Crippen LogP contribution in [-0.2, 0) is 17.8 Å². The number of amides is 1. The van der Waals surface area contributed by atoms with Crippen LogP contribution in [0.3, 0.4) is 0 Å². The zero-order valence-electron chi connectivity index (χ0n) is 18.8. The number of carbonyl (C=O) groups excluding carboxylic acids is 1. The summed E-state index contributed by atoms with van der Waals surface area (Å²) in [4.78, 5) is 35.7. The van der Waals surface area contributed by atoms with Crippen molar-refractivity contribution in [3.8, 4) is 0 Å². The summed E-state index contributed by atoms with van der Waals surface area (Å²) >= 11 is 1.55. The van der Waals surface area contributed by atoms with E-state index in [4.69, 9.17) is 11.1 Å². The van der Waals surface area contributed by atoms with Gasteiger partial charge in [-0.1, -0.05) is 6.08 Å². The maximum absolute atomic E-state index is 13.2. The first-order valence-electron chi connectivity index (χ1n) is 10.8. The maximum Gasteiger partial charge on any atom is 0.277 e. The van der Waals surface area contributed by atoms with Crippen LogP contribution in [0.15, 0.2) is 41.0 Å². The Morgan fingerprint density at radius 1 is 1.39 bits per heavy atom. The van der Waals surface area contributed by atoms with Crippen LogP contribution in [0.5, 0.6) is 0 Å². The molecule has 3 aromatic rings. The van der Waals surface area contributed by atoms with Crippen molar-refractivity contribution in [3.05, 3.63) is 57.2 Å². The van der Waals surface area contributed by atoms with Crippen LogP contribution in [0, 0.1) is 5.41 Å². The molecule has 10 heteroatoms. The number of nitrogen functional groups attached to an aromatic ring is 1. The molecule has 4 heterocycles. The molecule has 3 aromatic heterocycles. The van der Waals surface area contributed by atoms with Gasteiger partial charge in [0.1, 0.15) is 23.4 Å². The Kier molecular flexibility index (Phi) is 6.28. The van der Waals surface area contributed by atoms with Gasteiger partial charge >= 0.3 is 0 Å². The van der Waals surface area contributed by atoms with E-state index >= 15 is 0 Å². The fourth-order valence-electron chi connectivity index (χ4n) is 4.24. The minimum absolute atomic E-state index is 0.206. The first-order valence-corrected chi connectivity index (χ1v) is 11.6. The molecule has 0 bridgehead atoms. The molecular formula is C23H27N7O2S. The Morgan fingerprint density at radius 2 is 2.18 bits per heavy atom. The first kappa shape index (κ1) is 22.7. The number of nitrogens with two attached hydrogens (primary N) is 1. The maximum atomic E-state index is 13.2. The summed E-state index contributed by atoms with van der Waals surface area (Å²) in [7, 11) is 0. The van der Waals surface area contributed by atoms with E-state index in [0.29, 0.717) is 42.4 Å². The van der Waals surface area contributed by atoms with Gasteiger partial charge in [0.15, 0.2) is 0 Å². The van der Waals surface area contributed by atoms with Crippen LogP contribution >= 0.6 is 11.3 Å². The predicted octanol–water partition coefficient (Wildman–Crippen LogP) is 3.03. The standard InChI is InChI=1S/C23H27N7O2S/c1-4-16(12(2)24)13(3)29-17-11-27-21-6-5-18(30(21)23(17)32)22(31)28-10-15-7-14-9-26-20(25)8-19(14)33-15/h4,7-9,11,13,18,24,29H,5-6,10H2,1-3H3,(H2,25,26)(H,28,31)/b16-4+,24-12?. The highest BCUT2D eigenvalue weighted by Crippen LogP contribution is 2.27. The summed E-state index contributed by atoms with van der Waals surface area (Å²) in [6, 6.07) is 2.97. The second-order valence-electron chi connectivity index (χ2n) is 8.13. The molecule has 2 unspecified atom stereocenters. The largest absolute Gasteiger partial charge is 0.384 e. The Bertz CT molecular complexity index is 1320. The number of nitrogens with one attached hydrogen (secondary N) is 3. The van der Waals surface area contributed by atoms with Gasteiger partial charge in [-0.2, -0.15) is 0 Å². The quantitative estimate of drug-likeness (QED) is 0.396. The van der Waals surface area contributed by atoms with Crippen molar-refractivity contribution in [1.82, 2.24) is 19.9 Å². The van der Waals surface area contributed by atoms with Crippen LogP contribution < -0.4 is 21.9 Å². The normalized spacial score (nSPS) is 16.5. The number of anilines is 2.